The number of nitrogens with zero attached hydrogens (tertiary/aromatic N) is 3. The molecule has 1 amide bonds. The molecule has 24 heavy (non-hydrogen) atoms. The van der Waals surface area contributed by atoms with Crippen LogP contribution in [0.1, 0.15) is 31.7 Å². The quantitative estimate of drug-likeness (QED) is 0.284. The van der Waals surface area contributed by atoms with Crippen molar-refractivity contribution in [1.29, 1.82) is 0 Å². The molecular weight excluding hydrogens is 344 g/mol. The highest BCUT2D eigenvalue weighted by Gasteiger charge is 2.14. The molecule has 0 aromatic carbocycles. The molecule has 0 unspecified atom stereocenters. The molecule has 0 aliphatic heterocycles. The summed E-state index contributed by atoms with van der Waals surface area (Å²) in [5, 5.41) is 9.29. The second kappa shape index (κ2) is 11.1. The van der Waals surface area contributed by atoms with Crippen LogP contribution in [0, 0.1) is 6.92 Å². The van der Waals surface area contributed by atoms with Crippen molar-refractivity contribution < 1.29 is 9.90 Å². The Morgan fingerprint density at radius 2 is 2.25 bits per heavy atom. The summed E-state index contributed by atoms with van der Waals surface area (Å²) in [5.74, 6) is 1.84. The van der Waals surface area contributed by atoms with Gasteiger partial charge in [0, 0.05) is 41.1 Å². The fourth-order valence-electron chi connectivity index (χ4n) is 1.84. The van der Waals surface area contributed by atoms with Crippen LogP contribution in [0.3, 0.4) is 0 Å². The molecule has 0 aliphatic rings. The third-order valence-corrected chi connectivity index (χ3v) is 5.73. The Morgan fingerprint density at radius 3 is 2.83 bits per heavy atom. The van der Waals surface area contributed by atoms with E-state index in [-0.39, 0.29) is 6.61 Å². The number of allylic oxidation sites excluding steroid dienone is 2. The number of aliphatic hydroxyl groups excluding tert-OH is 1. The summed E-state index contributed by atoms with van der Waals surface area (Å²) in [6, 6.07) is 0. The second-order valence-electron chi connectivity index (χ2n) is 4.98. The van der Waals surface area contributed by atoms with Gasteiger partial charge in [0.05, 0.1) is 6.54 Å². The molecule has 0 atom stereocenters. The number of carbonyl (C=O) groups excluding carboxylic acids is 1. The molecule has 0 spiro atoms. The zero-order valence-electron chi connectivity index (χ0n) is 14.2. The van der Waals surface area contributed by atoms with Crippen molar-refractivity contribution in [3.8, 4) is 0 Å². The van der Waals surface area contributed by atoms with E-state index in [0.29, 0.717) is 30.2 Å². The van der Waals surface area contributed by atoms with Gasteiger partial charge in [-0.1, -0.05) is 33.7 Å². The van der Waals surface area contributed by atoms with Crippen molar-refractivity contribution in [2.75, 3.05) is 18.1 Å². The number of rotatable bonds is 10. The Labute approximate surface area is 151 Å². The predicted molar refractivity (Wildman–Crippen MR) is 102 cm³/mol. The number of amides is 1. The van der Waals surface area contributed by atoms with Crippen molar-refractivity contribution >= 4 is 33.8 Å². The van der Waals surface area contributed by atoms with Crippen molar-refractivity contribution in [2.45, 2.75) is 33.7 Å². The number of aryl methyl sites for hydroxylation is 1. The minimum absolute atomic E-state index is 0.0341. The van der Waals surface area contributed by atoms with Crippen molar-refractivity contribution in [3.63, 3.8) is 0 Å². The van der Waals surface area contributed by atoms with Crippen LogP contribution in [0.4, 0.5) is 5.82 Å². The molecule has 1 rings (SSSR count). The first kappa shape index (κ1) is 20.5. The first-order valence-corrected chi connectivity index (χ1v) is 9.86. The van der Waals surface area contributed by atoms with Crippen molar-refractivity contribution in [2.24, 2.45) is 0 Å². The molecule has 1 aromatic rings. The van der Waals surface area contributed by atoms with Gasteiger partial charge in [-0.2, -0.15) is 0 Å². The van der Waals surface area contributed by atoms with Crippen LogP contribution in [0.2, 0.25) is 0 Å². The van der Waals surface area contributed by atoms with Crippen molar-refractivity contribution in [1.82, 2.24) is 14.9 Å². The molecule has 0 bridgehead atoms. The first-order chi connectivity index (χ1) is 11.5. The SMILES string of the molecule is C/C=C/CSS/C(CCO)=C(/C)N(C=O)Cc1cnc(C)nc1N. The van der Waals surface area contributed by atoms with Crippen LogP contribution in [-0.2, 0) is 11.3 Å². The summed E-state index contributed by atoms with van der Waals surface area (Å²) in [7, 11) is 3.24. The highest BCUT2D eigenvalue weighted by molar-refractivity contribution is 8.78. The summed E-state index contributed by atoms with van der Waals surface area (Å²) in [6.45, 7) is 5.94. The van der Waals surface area contributed by atoms with Crippen molar-refractivity contribution in [3.05, 3.63) is 40.3 Å². The summed E-state index contributed by atoms with van der Waals surface area (Å²) in [6.07, 6.45) is 6.97. The average Bonchev–Trinajstić information content (AvgIpc) is 2.56. The molecular formula is C16H24N4O2S2. The van der Waals surface area contributed by atoms with Gasteiger partial charge in [-0.25, -0.2) is 9.97 Å². The average molecular weight is 369 g/mol. The molecule has 1 heterocycles. The predicted octanol–water partition coefficient (Wildman–Crippen LogP) is 2.90. The van der Waals surface area contributed by atoms with E-state index in [2.05, 4.69) is 16.0 Å². The van der Waals surface area contributed by atoms with Crippen LogP contribution in [0.25, 0.3) is 0 Å². The smallest absolute Gasteiger partial charge is 0.214 e. The van der Waals surface area contributed by atoms with Gasteiger partial charge in [-0.05, 0) is 20.8 Å². The number of nitrogens with two attached hydrogens (primary N) is 1. The number of aromatic nitrogens is 2. The Balaban J connectivity index is 2.92. The van der Waals surface area contributed by atoms with Gasteiger partial charge in [0.2, 0.25) is 6.41 Å². The molecule has 8 heteroatoms. The lowest BCUT2D eigenvalue weighted by atomic mass is 10.2. The first-order valence-electron chi connectivity index (χ1n) is 7.54. The fourth-order valence-corrected chi connectivity index (χ4v) is 4.21. The Morgan fingerprint density at radius 1 is 1.50 bits per heavy atom. The van der Waals surface area contributed by atoms with Gasteiger partial charge in [0.15, 0.2) is 0 Å². The van der Waals surface area contributed by atoms with Gasteiger partial charge in [0.25, 0.3) is 0 Å². The number of aliphatic hydroxyl groups is 1. The maximum absolute atomic E-state index is 11.5. The van der Waals surface area contributed by atoms with Crippen LogP contribution in [0.5, 0.6) is 0 Å². The van der Waals surface area contributed by atoms with Gasteiger partial charge < -0.3 is 15.7 Å². The Bertz CT molecular complexity index is 606. The minimum Gasteiger partial charge on any atom is -0.396 e. The van der Waals surface area contributed by atoms with E-state index in [0.717, 1.165) is 22.8 Å². The number of nitrogen functional groups attached to an aromatic ring is 1. The topological polar surface area (TPSA) is 92.3 Å². The third kappa shape index (κ3) is 6.54. The van der Waals surface area contributed by atoms with Gasteiger partial charge in [0.1, 0.15) is 11.6 Å². The molecule has 1 aromatic heterocycles. The van der Waals surface area contributed by atoms with Crippen LogP contribution < -0.4 is 5.73 Å². The zero-order valence-corrected chi connectivity index (χ0v) is 15.9. The van der Waals surface area contributed by atoms with E-state index in [1.807, 2.05) is 19.9 Å². The van der Waals surface area contributed by atoms with Gasteiger partial charge in [-0.3, -0.25) is 4.79 Å². The van der Waals surface area contributed by atoms with E-state index in [4.69, 9.17) is 5.73 Å². The molecule has 3 N–H and O–H groups in total. The summed E-state index contributed by atoms with van der Waals surface area (Å²) in [5.41, 5.74) is 7.41. The Kier molecular flexibility index (Phi) is 9.51. The maximum Gasteiger partial charge on any atom is 0.214 e. The second-order valence-corrected chi connectivity index (χ2v) is 7.42. The van der Waals surface area contributed by atoms with E-state index in [9.17, 15) is 9.90 Å². The van der Waals surface area contributed by atoms with Crippen LogP contribution in [-0.4, -0.2) is 38.7 Å². The summed E-state index contributed by atoms with van der Waals surface area (Å²) in [4.78, 5) is 22.3. The van der Waals surface area contributed by atoms with E-state index in [1.54, 1.807) is 39.6 Å². The monoisotopic (exact) mass is 368 g/mol. The molecule has 0 saturated carbocycles. The lowest BCUT2D eigenvalue weighted by Gasteiger charge is -2.22. The number of carbonyl (C=O) groups is 1. The third-order valence-electron chi connectivity index (χ3n) is 3.22. The van der Waals surface area contributed by atoms with E-state index < -0.39 is 0 Å². The molecule has 0 radical (unpaired) electrons. The highest BCUT2D eigenvalue weighted by atomic mass is 33.1. The minimum atomic E-state index is 0.0341. The Hall–Kier alpha value is -1.51. The highest BCUT2D eigenvalue weighted by Crippen LogP contribution is 2.35. The summed E-state index contributed by atoms with van der Waals surface area (Å²) < 4.78 is 0. The largest absolute Gasteiger partial charge is 0.396 e. The number of anilines is 1. The molecule has 132 valence electrons. The van der Waals surface area contributed by atoms with Crippen LogP contribution in [0.15, 0.2) is 29.0 Å². The lowest BCUT2D eigenvalue weighted by molar-refractivity contribution is -0.116. The fraction of sp³-hybridized carbons (Fsp3) is 0.438. The van der Waals surface area contributed by atoms with Crippen LogP contribution >= 0.6 is 21.6 Å². The number of hydrogen-bond donors (Lipinski definition) is 2. The molecule has 0 saturated heterocycles. The molecule has 0 aliphatic carbocycles. The molecule has 0 fully saturated rings. The van der Waals surface area contributed by atoms with E-state index in [1.165, 1.54) is 0 Å². The lowest BCUT2D eigenvalue weighted by Crippen LogP contribution is -2.21. The standard InChI is InChI=1S/C16H24N4O2S2/c1-4-5-8-23-24-15(6-7-21)12(2)20(11-22)10-14-9-18-13(3)19-16(14)17/h4-5,9,11,21H,6-8,10H2,1-3H3,(H2,17,18,19)/b5-4+,15-12-. The van der Waals surface area contributed by atoms with Gasteiger partial charge in [-0.15, -0.1) is 0 Å². The zero-order chi connectivity index (χ0) is 17.9. The normalized spacial score (nSPS) is 12.3. The van der Waals surface area contributed by atoms with Gasteiger partial charge >= 0.3 is 0 Å². The van der Waals surface area contributed by atoms with E-state index >= 15 is 0 Å². The maximum atomic E-state index is 11.5. The molecule has 6 nitrogen and oxygen atoms in total. The summed E-state index contributed by atoms with van der Waals surface area (Å²) >= 11 is 0. The number of hydrogen-bond acceptors (Lipinski definition) is 7.